The zero-order chi connectivity index (χ0) is 16.1. The highest BCUT2D eigenvalue weighted by Crippen LogP contribution is 2.23. The minimum absolute atomic E-state index is 0.367. The van der Waals surface area contributed by atoms with E-state index in [0.29, 0.717) is 22.3 Å². The van der Waals surface area contributed by atoms with Crippen molar-refractivity contribution in [2.24, 2.45) is 0 Å². The van der Waals surface area contributed by atoms with E-state index in [1.54, 1.807) is 13.0 Å². The van der Waals surface area contributed by atoms with Crippen molar-refractivity contribution in [2.75, 3.05) is 6.61 Å². The highest BCUT2D eigenvalue weighted by atomic mass is 16.5. The summed E-state index contributed by atoms with van der Waals surface area (Å²) in [6, 6.07) is 8.99. The summed E-state index contributed by atoms with van der Waals surface area (Å²) >= 11 is 0. The Morgan fingerprint density at radius 1 is 1.23 bits per heavy atom. The van der Waals surface area contributed by atoms with Gasteiger partial charge < -0.3 is 14.6 Å². The third kappa shape index (κ3) is 3.36. The molecule has 22 heavy (non-hydrogen) atoms. The summed E-state index contributed by atoms with van der Waals surface area (Å²) in [4.78, 5) is 22.8. The van der Waals surface area contributed by atoms with Crippen LogP contribution in [-0.4, -0.2) is 17.3 Å². The van der Waals surface area contributed by atoms with E-state index >= 15 is 0 Å². The smallest absolute Gasteiger partial charge is 0.259 e. The minimum Gasteiger partial charge on any atom is -0.529 e. The molecule has 0 N–H and O–H groups in total. The number of carbonyl (C=O) groups is 1. The van der Waals surface area contributed by atoms with Gasteiger partial charge in [0.1, 0.15) is 11.8 Å². The van der Waals surface area contributed by atoms with Crippen LogP contribution in [0.1, 0.15) is 25.3 Å². The van der Waals surface area contributed by atoms with E-state index < -0.39 is 11.7 Å². The molecular weight excluding hydrogens is 282 g/mol. The van der Waals surface area contributed by atoms with Crippen molar-refractivity contribution in [3.8, 4) is 16.9 Å². The van der Waals surface area contributed by atoms with Crippen LogP contribution in [0, 0.1) is 6.92 Å². The van der Waals surface area contributed by atoms with Gasteiger partial charge in [-0.3, -0.25) is 9.36 Å². The Kier molecular flexibility index (Phi) is 4.99. The average Bonchev–Trinajstić information content (AvgIpc) is 2.51. The molecule has 0 fully saturated rings. The molecule has 1 aromatic heterocycles. The number of aromatic nitrogens is 1. The summed E-state index contributed by atoms with van der Waals surface area (Å²) in [5.41, 5.74) is 1.32. The number of carboxylic acid groups (broad SMARTS) is 1. The molecule has 0 amide bonds. The second kappa shape index (κ2) is 6.93. The lowest BCUT2D eigenvalue weighted by atomic mass is 10.0. The minimum atomic E-state index is -1.53. The molecule has 5 heteroatoms. The summed E-state index contributed by atoms with van der Waals surface area (Å²) in [6.45, 7) is 4.38. The predicted molar refractivity (Wildman–Crippen MR) is 82.1 cm³/mol. The molecule has 0 aliphatic carbocycles. The number of ether oxygens (including phenoxy) is 1. The molecule has 0 aliphatic rings. The molecule has 116 valence electrons. The Morgan fingerprint density at radius 2 is 1.91 bits per heavy atom. The van der Waals surface area contributed by atoms with Crippen LogP contribution in [0.5, 0.6) is 5.75 Å². The molecule has 0 aliphatic heterocycles. The SMILES string of the molecule is CCCCOc1ccc(-c2ccn(C(=O)[O-])c(=O)c2C)cc1. The first-order chi connectivity index (χ1) is 10.5. The molecule has 2 rings (SSSR count). The Balaban J connectivity index is 2.27. The zero-order valence-corrected chi connectivity index (χ0v) is 12.7. The molecule has 0 saturated carbocycles. The van der Waals surface area contributed by atoms with E-state index in [1.165, 1.54) is 6.20 Å². The van der Waals surface area contributed by atoms with Crippen molar-refractivity contribution >= 4 is 6.09 Å². The number of rotatable bonds is 5. The van der Waals surface area contributed by atoms with Gasteiger partial charge in [-0.2, -0.15) is 0 Å². The maximum absolute atomic E-state index is 12.0. The Bertz CT molecular complexity index is 716. The highest BCUT2D eigenvalue weighted by Gasteiger charge is 2.08. The number of nitrogens with zero attached hydrogens (tertiary/aromatic N) is 1. The van der Waals surface area contributed by atoms with Gasteiger partial charge in [0.2, 0.25) is 0 Å². The van der Waals surface area contributed by atoms with Gasteiger partial charge >= 0.3 is 0 Å². The van der Waals surface area contributed by atoms with Crippen molar-refractivity contribution in [1.29, 1.82) is 0 Å². The largest absolute Gasteiger partial charge is 0.529 e. The van der Waals surface area contributed by atoms with Gasteiger partial charge in [0.25, 0.3) is 5.56 Å². The quantitative estimate of drug-likeness (QED) is 0.794. The molecule has 0 atom stereocenters. The monoisotopic (exact) mass is 300 g/mol. The van der Waals surface area contributed by atoms with Crippen molar-refractivity contribution in [3.63, 3.8) is 0 Å². The van der Waals surface area contributed by atoms with E-state index in [1.807, 2.05) is 24.3 Å². The van der Waals surface area contributed by atoms with Crippen LogP contribution in [-0.2, 0) is 0 Å². The van der Waals surface area contributed by atoms with E-state index in [9.17, 15) is 14.7 Å². The van der Waals surface area contributed by atoms with Crippen LogP contribution in [0.3, 0.4) is 0 Å². The van der Waals surface area contributed by atoms with E-state index in [0.717, 1.165) is 24.2 Å². The molecule has 1 heterocycles. The van der Waals surface area contributed by atoms with Crippen LogP contribution >= 0.6 is 0 Å². The average molecular weight is 300 g/mol. The van der Waals surface area contributed by atoms with Gasteiger partial charge in [-0.25, -0.2) is 0 Å². The van der Waals surface area contributed by atoms with Crippen molar-refractivity contribution < 1.29 is 14.6 Å². The van der Waals surface area contributed by atoms with Crippen LogP contribution in [0.4, 0.5) is 4.79 Å². The van der Waals surface area contributed by atoms with Gasteiger partial charge in [-0.1, -0.05) is 25.5 Å². The molecule has 5 nitrogen and oxygen atoms in total. The maximum Gasteiger partial charge on any atom is 0.259 e. The maximum atomic E-state index is 12.0. The first-order valence-electron chi connectivity index (χ1n) is 7.21. The number of hydrogen-bond acceptors (Lipinski definition) is 4. The Morgan fingerprint density at radius 3 is 2.50 bits per heavy atom. The summed E-state index contributed by atoms with van der Waals surface area (Å²) in [5, 5.41) is 10.8. The zero-order valence-electron chi connectivity index (χ0n) is 12.7. The number of carbonyl (C=O) groups excluding carboxylic acids is 1. The summed E-state index contributed by atoms with van der Waals surface area (Å²) < 4.78 is 6.16. The summed E-state index contributed by atoms with van der Waals surface area (Å²) in [5.74, 6) is 0.776. The topological polar surface area (TPSA) is 71.4 Å². The summed E-state index contributed by atoms with van der Waals surface area (Å²) in [7, 11) is 0. The molecule has 0 radical (unpaired) electrons. The normalized spacial score (nSPS) is 10.5. The van der Waals surface area contributed by atoms with E-state index in [2.05, 4.69) is 6.92 Å². The van der Waals surface area contributed by atoms with Gasteiger partial charge in [0.15, 0.2) is 0 Å². The van der Waals surface area contributed by atoms with Gasteiger partial charge in [0, 0.05) is 11.8 Å². The second-order valence-corrected chi connectivity index (χ2v) is 5.02. The van der Waals surface area contributed by atoms with Crippen molar-refractivity contribution in [1.82, 2.24) is 4.57 Å². The number of pyridine rings is 1. The third-order valence-corrected chi connectivity index (χ3v) is 3.46. The third-order valence-electron chi connectivity index (χ3n) is 3.46. The lowest BCUT2D eigenvalue weighted by Gasteiger charge is -2.11. The Hall–Kier alpha value is -2.56. The fourth-order valence-corrected chi connectivity index (χ4v) is 2.16. The van der Waals surface area contributed by atoms with Gasteiger partial charge in [-0.15, -0.1) is 0 Å². The fraction of sp³-hybridized carbons (Fsp3) is 0.294. The number of hydrogen-bond donors (Lipinski definition) is 0. The second-order valence-electron chi connectivity index (χ2n) is 5.02. The molecule has 1 aromatic carbocycles. The van der Waals surface area contributed by atoms with Crippen LogP contribution in [0.2, 0.25) is 0 Å². The first kappa shape index (κ1) is 15.8. The molecular formula is C17H18NO4-. The van der Waals surface area contributed by atoms with E-state index in [4.69, 9.17) is 4.74 Å². The summed E-state index contributed by atoms with van der Waals surface area (Å²) in [6.07, 6.45) is 1.76. The Labute approximate surface area is 128 Å². The van der Waals surface area contributed by atoms with Gasteiger partial charge in [0.05, 0.1) is 6.61 Å². The fourth-order valence-electron chi connectivity index (χ4n) is 2.16. The highest BCUT2D eigenvalue weighted by molar-refractivity contribution is 5.71. The van der Waals surface area contributed by atoms with Gasteiger partial charge in [-0.05, 0) is 42.7 Å². The molecule has 2 aromatic rings. The lowest BCUT2D eigenvalue weighted by Crippen LogP contribution is -2.37. The molecule has 0 unspecified atom stereocenters. The van der Waals surface area contributed by atoms with Crippen molar-refractivity contribution in [3.05, 3.63) is 52.4 Å². The number of benzene rings is 1. The molecule has 0 bridgehead atoms. The number of unbranched alkanes of at least 4 members (excludes halogenated alkanes) is 1. The van der Waals surface area contributed by atoms with Crippen LogP contribution in [0.25, 0.3) is 11.1 Å². The van der Waals surface area contributed by atoms with Crippen LogP contribution in [0.15, 0.2) is 41.3 Å². The van der Waals surface area contributed by atoms with Crippen LogP contribution < -0.4 is 15.4 Å². The molecule has 0 spiro atoms. The lowest BCUT2D eigenvalue weighted by molar-refractivity contribution is -0.250. The standard InChI is InChI=1S/C17H19NO4/c1-3-4-11-22-14-7-5-13(6-8-14)15-9-10-18(17(20)21)16(19)12(15)2/h5-10H,3-4,11H2,1-2H3,(H,20,21)/p-1. The van der Waals surface area contributed by atoms with E-state index in [-0.39, 0.29) is 0 Å². The predicted octanol–water partition coefficient (Wildman–Crippen LogP) is 2.19. The van der Waals surface area contributed by atoms with Crippen molar-refractivity contribution in [2.45, 2.75) is 26.7 Å². The molecule has 0 saturated heterocycles. The first-order valence-corrected chi connectivity index (χ1v) is 7.21.